The minimum Gasteiger partial charge on any atom is -0.486 e. The lowest BCUT2D eigenvalue weighted by Gasteiger charge is -2.21. The zero-order valence-corrected chi connectivity index (χ0v) is 9.20. The van der Waals surface area contributed by atoms with E-state index in [9.17, 15) is 4.79 Å². The lowest BCUT2D eigenvalue weighted by Crippen LogP contribution is -2.18. The van der Waals surface area contributed by atoms with Gasteiger partial charge in [-0.2, -0.15) is 0 Å². The quantitative estimate of drug-likeness (QED) is 0.758. The van der Waals surface area contributed by atoms with Gasteiger partial charge >= 0.3 is 5.97 Å². The summed E-state index contributed by atoms with van der Waals surface area (Å²) in [5.74, 6) is -0.495. The fourth-order valence-electron chi connectivity index (χ4n) is 1.37. The number of ether oxygens (including phenoxy) is 2. The summed E-state index contributed by atoms with van der Waals surface area (Å²) < 4.78 is 10.8. The average Bonchev–Trinajstić information content (AvgIpc) is 2.19. The Morgan fingerprint density at radius 3 is 2.80 bits per heavy atom. The predicted octanol–water partition coefficient (Wildman–Crippen LogP) is 1.50. The number of carboxylic acids is 1. The Bertz CT molecular complexity index is 433. The predicted molar refractivity (Wildman–Crippen MR) is 56.5 cm³/mol. The molecule has 0 saturated heterocycles. The third-order valence-corrected chi connectivity index (χ3v) is 2.87. The first-order chi connectivity index (χ1) is 7.11. The molecule has 6 heteroatoms. The van der Waals surface area contributed by atoms with E-state index < -0.39 is 5.97 Å². The van der Waals surface area contributed by atoms with Gasteiger partial charge < -0.3 is 20.3 Å². The monoisotopic (exact) mass is 273 g/mol. The topological polar surface area (TPSA) is 81.8 Å². The highest BCUT2D eigenvalue weighted by molar-refractivity contribution is 9.10. The number of hydrogen-bond acceptors (Lipinski definition) is 4. The van der Waals surface area contributed by atoms with Crippen LogP contribution in [0.5, 0.6) is 11.5 Å². The Balaban J connectivity index is 2.68. The van der Waals surface area contributed by atoms with Crippen LogP contribution in [-0.2, 0) is 0 Å². The van der Waals surface area contributed by atoms with Gasteiger partial charge in [0, 0.05) is 6.07 Å². The molecule has 1 aromatic carbocycles. The number of fused-ring (bicyclic) bond motifs is 1. The van der Waals surface area contributed by atoms with Crippen molar-refractivity contribution in [3.05, 3.63) is 16.1 Å². The summed E-state index contributed by atoms with van der Waals surface area (Å²) in [5, 5.41) is 9.02. The summed E-state index contributed by atoms with van der Waals surface area (Å²) in [5.41, 5.74) is 5.96. The number of nitrogen functional groups attached to an aromatic ring is 1. The highest BCUT2D eigenvalue weighted by Crippen LogP contribution is 2.41. The molecule has 0 aromatic heterocycles. The Morgan fingerprint density at radius 1 is 1.47 bits per heavy atom. The zero-order chi connectivity index (χ0) is 11.0. The molecule has 0 unspecified atom stereocenters. The standard InChI is InChI=1S/C9H8BrNO4/c10-7-4(11)3-5-8(6(7)9(12)13)15-2-1-14-5/h3H,1-2,11H2,(H,12,13). The van der Waals surface area contributed by atoms with Crippen LogP contribution in [-0.4, -0.2) is 24.3 Å². The number of anilines is 1. The van der Waals surface area contributed by atoms with E-state index in [1.54, 1.807) is 6.07 Å². The van der Waals surface area contributed by atoms with E-state index >= 15 is 0 Å². The third kappa shape index (κ3) is 1.61. The van der Waals surface area contributed by atoms with Crippen LogP contribution in [0.4, 0.5) is 5.69 Å². The van der Waals surface area contributed by atoms with E-state index in [1.807, 2.05) is 0 Å². The molecule has 2 rings (SSSR count). The second-order valence-corrected chi connectivity index (χ2v) is 3.78. The lowest BCUT2D eigenvalue weighted by atomic mass is 10.1. The third-order valence-electron chi connectivity index (χ3n) is 2.01. The summed E-state index contributed by atoms with van der Waals surface area (Å²) >= 11 is 3.12. The van der Waals surface area contributed by atoms with Gasteiger partial charge in [0.2, 0.25) is 0 Å². The average molecular weight is 274 g/mol. The normalized spacial score (nSPS) is 13.7. The molecule has 0 bridgehead atoms. The molecular formula is C9H8BrNO4. The summed E-state index contributed by atoms with van der Waals surface area (Å²) in [6, 6.07) is 1.55. The van der Waals surface area contributed by atoms with Gasteiger partial charge in [-0.1, -0.05) is 0 Å². The molecule has 0 saturated carbocycles. The van der Waals surface area contributed by atoms with Gasteiger partial charge in [0.05, 0.1) is 10.2 Å². The fourth-order valence-corrected chi connectivity index (χ4v) is 1.84. The SMILES string of the molecule is Nc1cc2c(c(C(=O)O)c1Br)OCCO2. The summed E-state index contributed by atoms with van der Waals surface area (Å²) in [6.07, 6.45) is 0. The number of carbonyl (C=O) groups is 1. The molecule has 0 amide bonds. The molecule has 1 heterocycles. The molecule has 1 aromatic rings. The highest BCUT2D eigenvalue weighted by Gasteiger charge is 2.25. The van der Waals surface area contributed by atoms with Crippen molar-refractivity contribution in [3.63, 3.8) is 0 Å². The Labute approximate surface area is 93.9 Å². The number of carboxylic acid groups (broad SMARTS) is 1. The Hall–Kier alpha value is -1.43. The van der Waals surface area contributed by atoms with Gasteiger partial charge in [0.1, 0.15) is 18.8 Å². The number of benzene rings is 1. The van der Waals surface area contributed by atoms with E-state index in [1.165, 1.54) is 0 Å². The molecule has 5 nitrogen and oxygen atoms in total. The first-order valence-electron chi connectivity index (χ1n) is 4.22. The molecule has 1 aliphatic rings. The van der Waals surface area contributed by atoms with Gasteiger partial charge in [-0.05, 0) is 15.9 Å². The van der Waals surface area contributed by atoms with Crippen LogP contribution < -0.4 is 15.2 Å². The van der Waals surface area contributed by atoms with Crippen molar-refractivity contribution >= 4 is 27.6 Å². The van der Waals surface area contributed by atoms with Crippen molar-refractivity contribution in [2.75, 3.05) is 18.9 Å². The summed E-state index contributed by atoms with van der Waals surface area (Å²) in [6.45, 7) is 0.733. The molecular weight excluding hydrogens is 266 g/mol. The molecule has 80 valence electrons. The number of halogens is 1. The number of hydrogen-bond donors (Lipinski definition) is 2. The molecule has 15 heavy (non-hydrogen) atoms. The molecule has 0 radical (unpaired) electrons. The number of aromatic carboxylic acids is 1. The second-order valence-electron chi connectivity index (χ2n) is 2.98. The van der Waals surface area contributed by atoms with Crippen LogP contribution in [0, 0.1) is 0 Å². The van der Waals surface area contributed by atoms with E-state index in [4.69, 9.17) is 20.3 Å². The van der Waals surface area contributed by atoms with Gasteiger partial charge in [-0.15, -0.1) is 0 Å². The van der Waals surface area contributed by atoms with Gasteiger partial charge in [-0.3, -0.25) is 0 Å². The Morgan fingerprint density at radius 2 is 2.13 bits per heavy atom. The smallest absolute Gasteiger partial charge is 0.340 e. The largest absolute Gasteiger partial charge is 0.486 e. The number of nitrogens with two attached hydrogens (primary N) is 1. The Kier molecular flexibility index (Phi) is 2.44. The summed E-state index contributed by atoms with van der Waals surface area (Å²) in [4.78, 5) is 11.0. The first kappa shape index (κ1) is 10.1. The molecule has 0 spiro atoms. The van der Waals surface area contributed by atoms with Crippen LogP contribution in [0.1, 0.15) is 10.4 Å². The van der Waals surface area contributed by atoms with Gasteiger partial charge in [0.15, 0.2) is 11.5 Å². The minimum atomic E-state index is -1.10. The van der Waals surface area contributed by atoms with Crippen molar-refractivity contribution in [2.45, 2.75) is 0 Å². The lowest BCUT2D eigenvalue weighted by molar-refractivity contribution is 0.0685. The van der Waals surface area contributed by atoms with Crippen molar-refractivity contribution in [1.29, 1.82) is 0 Å². The maximum atomic E-state index is 11.0. The van der Waals surface area contributed by atoms with Gasteiger partial charge in [0.25, 0.3) is 0 Å². The van der Waals surface area contributed by atoms with Gasteiger partial charge in [-0.25, -0.2) is 4.79 Å². The molecule has 0 atom stereocenters. The van der Waals surface area contributed by atoms with Crippen LogP contribution >= 0.6 is 15.9 Å². The first-order valence-corrected chi connectivity index (χ1v) is 5.01. The molecule has 0 fully saturated rings. The van der Waals surface area contributed by atoms with Crippen LogP contribution in [0.15, 0.2) is 10.5 Å². The molecule has 0 aliphatic carbocycles. The zero-order valence-electron chi connectivity index (χ0n) is 7.62. The van der Waals surface area contributed by atoms with Crippen molar-refractivity contribution in [1.82, 2.24) is 0 Å². The number of rotatable bonds is 1. The van der Waals surface area contributed by atoms with E-state index in [2.05, 4.69) is 15.9 Å². The van der Waals surface area contributed by atoms with Crippen molar-refractivity contribution in [3.8, 4) is 11.5 Å². The van der Waals surface area contributed by atoms with Crippen LogP contribution in [0.2, 0.25) is 0 Å². The highest BCUT2D eigenvalue weighted by atomic mass is 79.9. The van der Waals surface area contributed by atoms with Crippen LogP contribution in [0.25, 0.3) is 0 Å². The van der Waals surface area contributed by atoms with E-state index in [-0.39, 0.29) is 11.3 Å². The maximum Gasteiger partial charge on any atom is 0.340 e. The van der Waals surface area contributed by atoms with E-state index in [0.29, 0.717) is 29.1 Å². The van der Waals surface area contributed by atoms with E-state index in [0.717, 1.165) is 0 Å². The maximum absolute atomic E-state index is 11.0. The molecule has 1 aliphatic heterocycles. The summed E-state index contributed by atoms with van der Waals surface area (Å²) in [7, 11) is 0. The second kappa shape index (κ2) is 3.62. The minimum absolute atomic E-state index is 0.00435. The molecule has 3 N–H and O–H groups in total. The van der Waals surface area contributed by atoms with Crippen LogP contribution in [0.3, 0.4) is 0 Å². The van der Waals surface area contributed by atoms with Crippen molar-refractivity contribution in [2.24, 2.45) is 0 Å². The van der Waals surface area contributed by atoms with Crippen molar-refractivity contribution < 1.29 is 19.4 Å². The fraction of sp³-hybridized carbons (Fsp3) is 0.222.